The maximum Gasteiger partial charge on any atom is 0.410 e. The van der Waals surface area contributed by atoms with Crippen molar-refractivity contribution in [1.82, 2.24) is 35.1 Å². The molecular weight excluding hydrogens is 751 g/mol. The highest BCUT2D eigenvalue weighted by atomic mass is 32.1. The normalized spacial score (nSPS) is 36.0. The number of ketones is 1. The first-order valence-electron chi connectivity index (χ1n) is 20.6. The zero-order chi connectivity index (χ0) is 41.6. The van der Waals surface area contributed by atoms with Crippen LogP contribution in [-0.4, -0.2) is 134 Å². The predicted molar refractivity (Wildman–Crippen MR) is 216 cm³/mol. The van der Waals surface area contributed by atoms with E-state index in [0.29, 0.717) is 51.7 Å². The van der Waals surface area contributed by atoms with E-state index in [1.807, 2.05) is 64.3 Å². The van der Waals surface area contributed by atoms with E-state index in [1.54, 1.807) is 29.6 Å². The molecular formula is C41H65N7O8S. The van der Waals surface area contributed by atoms with Crippen LogP contribution >= 0.6 is 11.3 Å². The van der Waals surface area contributed by atoms with Crippen molar-refractivity contribution in [3.8, 4) is 10.7 Å². The number of amides is 1. The number of nitrogens with one attached hydrogen (secondary N) is 1. The molecule has 2 unspecified atom stereocenters. The van der Waals surface area contributed by atoms with Crippen LogP contribution in [-0.2, 0) is 35.1 Å². The van der Waals surface area contributed by atoms with Gasteiger partial charge >= 0.3 is 12.1 Å². The molecule has 0 aliphatic carbocycles. The number of Topliss-reactive ketones (excluding diaryl/α,β-unsaturated/α-hetero) is 1. The highest BCUT2D eigenvalue weighted by Crippen LogP contribution is 2.39. The maximum atomic E-state index is 14.3. The summed E-state index contributed by atoms with van der Waals surface area (Å²) >= 11 is 1.51. The van der Waals surface area contributed by atoms with Crippen LogP contribution in [0.2, 0.25) is 0 Å². The third-order valence-electron chi connectivity index (χ3n) is 12.2. The monoisotopic (exact) mass is 815 g/mol. The number of hydrogen-bond donors (Lipinski definition) is 2. The second-order valence-electron chi connectivity index (χ2n) is 16.8. The third kappa shape index (κ3) is 10.3. The number of aryl methyl sites for hydroxylation is 1. The Bertz CT molecular complexity index is 1640. The van der Waals surface area contributed by atoms with Gasteiger partial charge in [-0.2, -0.15) is 0 Å². The largest absolute Gasteiger partial charge is 0.458 e. The minimum absolute atomic E-state index is 0.105. The molecule has 3 saturated heterocycles. The number of allylic oxidation sites excluding steroid dienone is 1. The molecule has 5 rings (SSSR count). The lowest BCUT2D eigenvalue weighted by Gasteiger charge is -2.44. The molecule has 15 nitrogen and oxygen atoms in total. The van der Waals surface area contributed by atoms with E-state index < -0.39 is 60.1 Å². The number of fused-ring (bicyclic) bond motifs is 1. The summed E-state index contributed by atoms with van der Waals surface area (Å²) in [7, 11) is 3.84. The van der Waals surface area contributed by atoms with E-state index >= 15 is 0 Å². The van der Waals surface area contributed by atoms with Crippen molar-refractivity contribution in [2.24, 2.45) is 23.7 Å². The van der Waals surface area contributed by atoms with Crippen LogP contribution in [0.3, 0.4) is 0 Å². The predicted octanol–water partition coefficient (Wildman–Crippen LogP) is 4.95. The number of aliphatic hydroxyl groups excluding tert-OH is 1. The Morgan fingerprint density at radius 2 is 1.88 bits per heavy atom. The molecule has 13 atom stereocenters. The summed E-state index contributed by atoms with van der Waals surface area (Å²) in [4.78, 5) is 50.1. The number of nitrogens with zero attached hydrogens (tertiary/aromatic N) is 6. The van der Waals surface area contributed by atoms with Crippen LogP contribution in [0.1, 0.15) is 87.0 Å². The zero-order valence-electron chi connectivity index (χ0n) is 35.2. The van der Waals surface area contributed by atoms with Crippen molar-refractivity contribution in [2.75, 3.05) is 27.2 Å². The standard InChI is InChI=1S/C41H65N7O8S/c1-11-15-29-20-24(3)22-43-28(7)36-41(8,56-40(52)48(36)18-14-13-17-47-23-30(44-45-47)37-42-16-19-57-37)32(12-2)54-38(51)27(6)33(49)26(5)35(29)55-39-34(50)31(46(9)10)21-25(4)53-39/h11,16,19,23-29,31-32,34-36,39,43,50H,1,12-15,17-18,20-22H2,2-10H3/t24-,25-,26+,27-,28-,29+,31?,32-,34?,35-,36-,39+,41-/m1/s1. The van der Waals surface area contributed by atoms with Gasteiger partial charge < -0.3 is 34.3 Å². The van der Waals surface area contributed by atoms with Crippen molar-refractivity contribution in [2.45, 2.75) is 148 Å². The summed E-state index contributed by atoms with van der Waals surface area (Å²) in [6.45, 7) is 18.9. The van der Waals surface area contributed by atoms with Crippen molar-refractivity contribution in [3.63, 3.8) is 0 Å². The molecule has 0 spiro atoms. The Kier molecular flexibility index (Phi) is 15.4. The van der Waals surface area contributed by atoms with Gasteiger partial charge in [-0.05, 0) is 98.7 Å². The van der Waals surface area contributed by atoms with Crippen LogP contribution in [0.5, 0.6) is 0 Å². The van der Waals surface area contributed by atoms with Crippen LogP contribution in [0.4, 0.5) is 4.79 Å². The smallest absolute Gasteiger partial charge is 0.410 e. The second-order valence-corrected chi connectivity index (χ2v) is 17.7. The second kappa shape index (κ2) is 19.6. The number of aliphatic hydroxyl groups is 1. The minimum Gasteiger partial charge on any atom is -0.458 e. The Balaban J connectivity index is 1.38. The van der Waals surface area contributed by atoms with Crippen LogP contribution < -0.4 is 5.32 Å². The molecule has 2 aromatic rings. The molecule has 3 aliphatic heterocycles. The van der Waals surface area contributed by atoms with Gasteiger partial charge in [0.15, 0.2) is 17.7 Å². The summed E-state index contributed by atoms with van der Waals surface area (Å²) in [6.07, 6.45) is 5.01. The molecule has 0 saturated carbocycles. The van der Waals surface area contributed by atoms with Crippen LogP contribution in [0.15, 0.2) is 30.4 Å². The molecule has 2 aromatic heterocycles. The van der Waals surface area contributed by atoms with E-state index in [4.69, 9.17) is 18.9 Å². The Hall–Kier alpha value is -3.28. The highest BCUT2D eigenvalue weighted by molar-refractivity contribution is 7.13. The first-order chi connectivity index (χ1) is 27.1. The number of thiazole rings is 1. The Morgan fingerprint density at radius 3 is 2.54 bits per heavy atom. The minimum atomic E-state index is -1.20. The number of aromatic nitrogens is 4. The number of cyclic esters (lactones) is 1. The van der Waals surface area contributed by atoms with Crippen molar-refractivity contribution in [1.29, 1.82) is 0 Å². The summed E-state index contributed by atoms with van der Waals surface area (Å²) in [5.74, 6) is -2.96. The first-order valence-corrected chi connectivity index (χ1v) is 21.5. The van der Waals surface area contributed by atoms with Crippen LogP contribution in [0.25, 0.3) is 10.7 Å². The zero-order valence-corrected chi connectivity index (χ0v) is 36.0. The molecule has 16 heteroatoms. The fourth-order valence-electron chi connectivity index (χ4n) is 9.04. The molecule has 0 aromatic carbocycles. The number of hydrogen-bond acceptors (Lipinski definition) is 14. The summed E-state index contributed by atoms with van der Waals surface area (Å²) < 4.78 is 27.1. The number of ether oxygens (including phenoxy) is 4. The summed E-state index contributed by atoms with van der Waals surface area (Å²) in [5.41, 5.74) is -0.478. The average Bonchev–Trinajstić information content (AvgIpc) is 3.93. The quantitative estimate of drug-likeness (QED) is 0.128. The molecule has 0 radical (unpaired) electrons. The lowest BCUT2D eigenvalue weighted by molar-refractivity contribution is -0.278. The summed E-state index contributed by atoms with van der Waals surface area (Å²) in [5, 5.41) is 26.3. The average molecular weight is 816 g/mol. The number of rotatable bonds is 12. The van der Waals surface area contributed by atoms with Crippen molar-refractivity contribution >= 4 is 29.2 Å². The highest BCUT2D eigenvalue weighted by Gasteiger charge is 2.58. The molecule has 57 heavy (non-hydrogen) atoms. The third-order valence-corrected chi connectivity index (χ3v) is 12.9. The van der Waals surface area contributed by atoms with Gasteiger partial charge in [0.1, 0.15) is 28.8 Å². The Morgan fingerprint density at radius 1 is 1.14 bits per heavy atom. The molecule has 3 fully saturated rings. The fraction of sp³-hybridized carbons (Fsp3) is 0.756. The maximum absolute atomic E-state index is 14.3. The SMILES string of the molecule is C=CC[C@H]1C[C@@H](C)CN[C@H](C)[C@H]2N(CCCCn3cc(-c4nccs4)nn3)C(=O)O[C@]2(C)[C@@H](CC)OC(=O)[C@H](C)C(=O)[C@H](C)[C@H]1O[C@@H]1O[C@H](C)CC(N(C)C)C1O. The number of esters is 1. The molecule has 1 amide bonds. The van der Waals surface area contributed by atoms with Gasteiger partial charge in [0, 0.05) is 42.7 Å². The van der Waals surface area contributed by atoms with Gasteiger partial charge in [-0.25, -0.2) is 9.78 Å². The molecule has 2 N–H and O–H groups in total. The first kappa shape index (κ1) is 44.8. The number of carbonyl (C=O) groups is 3. The lowest BCUT2D eigenvalue weighted by atomic mass is 9.79. The molecule has 5 heterocycles. The molecule has 3 aliphatic rings. The molecule has 0 bridgehead atoms. The van der Waals surface area contributed by atoms with Crippen LogP contribution in [0, 0.1) is 23.7 Å². The van der Waals surface area contributed by atoms with Gasteiger partial charge in [0.25, 0.3) is 0 Å². The van der Waals surface area contributed by atoms with E-state index in [9.17, 15) is 19.5 Å². The van der Waals surface area contributed by atoms with Gasteiger partial charge in [-0.1, -0.05) is 32.1 Å². The van der Waals surface area contributed by atoms with E-state index in [-0.39, 0.29) is 35.8 Å². The van der Waals surface area contributed by atoms with Crippen molar-refractivity contribution < 1.29 is 38.4 Å². The van der Waals surface area contributed by atoms with E-state index in [2.05, 4.69) is 34.1 Å². The fourth-order valence-corrected chi connectivity index (χ4v) is 9.63. The molecule has 318 valence electrons. The summed E-state index contributed by atoms with van der Waals surface area (Å²) in [6, 6.07) is -0.930. The van der Waals surface area contributed by atoms with Gasteiger partial charge in [-0.15, -0.1) is 23.0 Å². The number of carbonyl (C=O) groups excluding carboxylic acids is 3. The van der Waals surface area contributed by atoms with Crippen molar-refractivity contribution in [3.05, 3.63) is 30.4 Å². The van der Waals surface area contributed by atoms with Gasteiger partial charge in [-0.3, -0.25) is 19.2 Å². The Labute approximate surface area is 341 Å². The number of unbranched alkanes of at least 4 members (excludes halogenated alkanes) is 1. The topological polar surface area (TPSA) is 170 Å². The number of likely N-dealkylation sites (N-methyl/N-ethyl adjacent to an activating group) is 1. The van der Waals surface area contributed by atoms with E-state index in [0.717, 1.165) is 17.1 Å². The van der Waals surface area contributed by atoms with Gasteiger partial charge in [0.05, 0.1) is 24.4 Å². The lowest BCUT2D eigenvalue weighted by Crippen LogP contribution is -2.60. The van der Waals surface area contributed by atoms with Gasteiger partial charge in [0.2, 0.25) is 0 Å². The van der Waals surface area contributed by atoms with E-state index in [1.165, 1.54) is 11.3 Å².